The van der Waals surface area contributed by atoms with E-state index in [1.807, 2.05) is 6.20 Å². The number of anilines is 1. The minimum atomic E-state index is 0.694. The van der Waals surface area contributed by atoms with E-state index in [1.165, 1.54) is 31.2 Å². The highest BCUT2D eigenvalue weighted by Gasteiger charge is 2.17. The number of nitrogens with one attached hydrogen (secondary N) is 1. The predicted octanol–water partition coefficient (Wildman–Crippen LogP) is 3.45. The maximum Gasteiger partial charge on any atom is 0.128 e. The van der Waals surface area contributed by atoms with E-state index in [0.717, 1.165) is 31.4 Å². The molecule has 0 unspecified atom stereocenters. The Balaban J connectivity index is 1.80. The van der Waals surface area contributed by atoms with Gasteiger partial charge in [-0.15, -0.1) is 0 Å². The molecule has 3 nitrogen and oxygen atoms in total. The molecule has 1 saturated carbocycles. The smallest absolute Gasteiger partial charge is 0.128 e. The molecular weight excluding hydrogens is 246 g/mol. The molecule has 0 atom stereocenters. The van der Waals surface area contributed by atoms with Gasteiger partial charge in [-0.3, -0.25) is 0 Å². The van der Waals surface area contributed by atoms with Crippen molar-refractivity contribution in [3.63, 3.8) is 0 Å². The van der Waals surface area contributed by atoms with Gasteiger partial charge in [0.1, 0.15) is 5.82 Å². The van der Waals surface area contributed by atoms with Crippen molar-refractivity contribution >= 4 is 5.82 Å². The van der Waals surface area contributed by atoms with Crippen LogP contribution in [0.15, 0.2) is 18.3 Å². The number of aromatic nitrogens is 1. The molecule has 1 fully saturated rings. The molecule has 0 bridgehead atoms. The van der Waals surface area contributed by atoms with Gasteiger partial charge in [0.05, 0.1) is 0 Å². The lowest BCUT2D eigenvalue weighted by atomic mass is 10.1. The molecule has 1 aliphatic carbocycles. The standard InChI is InChI=1S/C17H29N3/c1-14(2)10-18-11-16-8-9-17(19-12-16)20(3)13-15-6-4-5-7-15/h8-9,12,14-15,18H,4-7,10-11,13H2,1-3H3. The average molecular weight is 275 g/mol. The van der Waals surface area contributed by atoms with Crippen molar-refractivity contribution in [3.8, 4) is 0 Å². The Bertz CT molecular complexity index is 380. The summed E-state index contributed by atoms with van der Waals surface area (Å²) in [7, 11) is 2.16. The first kappa shape index (κ1) is 15.3. The summed E-state index contributed by atoms with van der Waals surface area (Å²) in [6, 6.07) is 4.35. The minimum Gasteiger partial charge on any atom is -0.359 e. The topological polar surface area (TPSA) is 28.2 Å². The Hall–Kier alpha value is -1.09. The summed E-state index contributed by atoms with van der Waals surface area (Å²) in [5, 5.41) is 3.45. The van der Waals surface area contributed by atoms with Crippen LogP contribution < -0.4 is 10.2 Å². The van der Waals surface area contributed by atoms with Crippen LogP contribution in [0.4, 0.5) is 5.82 Å². The van der Waals surface area contributed by atoms with Gasteiger partial charge < -0.3 is 10.2 Å². The third-order valence-corrected chi connectivity index (χ3v) is 4.09. The van der Waals surface area contributed by atoms with E-state index >= 15 is 0 Å². The van der Waals surface area contributed by atoms with E-state index in [0.29, 0.717) is 5.92 Å². The molecule has 3 heteroatoms. The normalized spacial score (nSPS) is 16.0. The second-order valence-corrected chi connectivity index (χ2v) is 6.58. The van der Waals surface area contributed by atoms with E-state index in [-0.39, 0.29) is 0 Å². The third-order valence-electron chi connectivity index (χ3n) is 4.09. The molecule has 1 heterocycles. The van der Waals surface area contributed by atoms with Gasteiger partial charge in [0.25, 0.3) is 0 Å². The van der Waals surface area contributed by atoms with Gasteiger partial charge in [-0.05, 0) is 42.9 Å². The quantitative estimate of drug-likeness (QED) is 0.826. The Labute approximate surface area is 123 Å². The van der Waals surface area contributed by atoms with Gasteiger partial charge >= 0.3 is 0 Å². The molecule has 112 valence electrons. The first-order chi connectivity index (χ1) is 9.65. The molecule has 1 N–H and O–H groups in total. The lowest BCUT2D eigenvalue weighted by Crippen LogP contribution is -2.25. The van der Waals surface area contributed by atoms with Crippen molar-refractivity contribution in [1.29, 1.82) is 0 Å². The molecule has 0 spiro atoms. The molecular formula is C17H29N3. The number of nitrogens with zero attached hydrogens (tertiary/aromatic N) is 2. The van der Waals surface area contributed by atoms with Gasteiger partial charge in [-0.25, -0.2) is 4.98 Å². The van der Waals surface area contributed by atoms with Gasteiger partial charge in [-0.2, -0.15) is 0 Å². The second kappa shape index (κ2) is 7.63. The van der Waals surface area contributed by atoms with E-state index in [9.17, 15) is 0 Å². The Morgan fingerprint density at radius 3 is 2.65 bits per heavy atom. The van der Waals surface area contributed by atoms with Crippen LogP contribution in [0.5, 0.6) is 0 Å². The zero-order chi connectivity index (χ0) is 14.4. The highest BCUT2D eigenvalue weighted by molar-refractivity contribution is 5.38. The van der Waals surface area contributed by atoms with Crippen LogP contribution in [0, 0.1) is 11.8 Å². The average Bonchev–Trinajstić information content (AvgIpc) is 2.92. The predicted molar refractivity (Wildman–Crippen MR) is 86.0 cm³/mol. The Morgan fingerprint density at radius 1 is 1.30 bits per heavy atom. The fourth-order valence-electron chi connectivity index (χ4n) is 2.93. The highest BCUT2D eigenvalue weighted by Crippen LogP contribution is 2.26. The first-order valence-electron chi connectivity index (χ1n) is 8.02. The van der Waals surface area contributed by atoms with Crippen LogP contribution in [0.3, 0.4) is 0 Å². The first-order valence-corrected chi connectivity index (χ1v) is 8.02. The number of hydrogen-bond acceptors (Lipinski definition) is 3. The molecule has 1 aliphatic rings. The van der Waals surface area contributed by atoms with E-state index < -0.39 is 0 Å². The number of pyridine rings is 1. The zero-order valence-electron chi connectivity index (χ0n) is 13.2. The third kappa shape index (κ3) is 4.78. The monoisotopic (exact) mass is 275 g/mol. The van der Waals surface area contributed by atoms with Gasteiger partial charge in [0.2, 0.25) is 0 Å². The molecule has 0 radical (unpaired) electrons. The SMILES string of the molecule is CC(C)CNCc1ccc(N(C)CC2CCCC2)nc1. The molecule has 2 rings (SSSR count). The van der Waals surface area contributed by atoms with Crippen molar-refractivity contribution in [1.82, 2.24) is 10.3 Å². The largest absolute Gasteiger partial charge is 0.359 e. The van der Waals surface area contributed by atoms with Crippen LogP contribution in [-0.2, 0) is 6.54 Å². The van der Waals surface area contributed by atoms with Crippen molar-refractivity contribution in [2.45, 2.75) is 46.1 Å². The summed E-state index contributed by atoms with van der Waals surface area (Å²) in [6.45, 7) is 7.58. The molecule has 20 heavy (non-hydrogen) atoms. The summed E-state index contributed by atoms with van der Waals surface area (Å²) in [4.78, 5) is 6.91. The van der Waals surface area contributed by atoms with E-state index in [1.54, 1.807) is 0 Å². The fourth-order valence-corrected chi connectivity index (χ4v) is 2.93. The van der Waals surface area contributed by atoms with Gasteiger partial charge in [0, 0.05) is 26.3 Å². The van der Waals surface area contributed by atoms with Crippen LogP contribution in [0.1, 0.15) is 45.1 Å². The molecule has 0 aromatic carbocycles. The summed E-state index contributed by atoms with van der Waals surface area (Å²) in [5.74, 6) is 2.67. The molecule has 1 aromatic rings. The molecule has 0 aliphatic heterocycles. The number of rotatable bonds is 7. The summed E-state index contributed by atoms with van der Waals surface area (Å²) >= 11 is 0. The maximum absolute atomic E-state index is 4.60. The van der Waals surface area contributed by atoms with Crippen molar-refractivity contribution in [2.75, 3.05) is 25.0 Å². The van der Waals surface area contributed by atoms with Crippen LogP contribution >= 0.6 is 0 Å². The highest BCUT2D eigenvalue weighted by atomic mass is 15.2. The lowest BCUT2D eigenvalue weighted by Gasteiger charge is -2.22. The zero-order valence-corrected chi connectivity index (χ0v) is 13.2. The van der Waals surface area contributed by atoms with Gasteiger partial charge in [-0.1, -0.05) is 32.8 Å². The maximum atomic E-state index is 4.60. The van der Waals surface area contributed by atoms with Crippen molar-refractivity contribution in [3.05, 3.63) is 23.9 Å². The second-order valence-electron chi connectivity index (χ2n) is 6.58. The van der Waals surface area contributed by atoms with Crippen molar-refractivity contribution < 1.29 is 0 Å². The Morgan fingerprint density at radius 2 is 2.05 bits per heavy atom. The molecule has 0 amide bonds. The number of hydrogen-bond donors (Lipinski definition) is 1. The van der Waals surface area contributed by atoms with Gasteiger partial charge in [0.15, 0.2) is 0 Å². The Kier molecular flexibility index (Phi) is 5.84. The molecule has 0 saturated heterocycles. The van der Waals surface area contributed by atoms with E-state index in [4.69, 9.17) is 0 Å². The van der Waals surface area contributed by atoms with Crippen LogP contribution in [0.25, 0.3) is 0 Å². The lowest BCUT2D eigenvalue weighted by molar-refractivity contribution is 0.544. The van der Waals surface area contributed by atoms with E-state index in [2.05, 4.69) is 48.2 Å². The van der Waals surface area contributed by atoms with Crippen LogP contribution in [0.2, 0.25) is 0 Å². The van der Waals surface area contributed by atoms with Crippen molar-refractivity contribution in [2.24, 2.45) is 11.8 Å². The molecule has 1 aromatic heterocycles. The fraction of sp³-hybridized carbons (Fsp3) is 0.706. The minimum absolute atomic E-state index is 0.694. The van der Waals surface area contributed by atoms with Crippen LogP contribution in [-0.4, -0.2) is 25.1 Å². The summed E-state index contributed by atoms with van der Waals surface area (Å²) < 4.78 is 0. The summed E-state index contributed by atoms with van der Waals surface area (Å²) in [5.41, 5.74) is 1.27. The summed E-state index contributed by atoms with van der Waals surface area (Å²) in [6.07, 6.45) is 7.61.